The molecule has 0 fully saturated rings. The fourth-order valence-electron chi connectivity index (χ4n) is 1.92. The van der Waals surface area contributed by atoms with Gasteiger partial charge in [-0.15, -0.1) is 0 Å². The van der Waals surface area contributed by atoms with Gasteiger partial charge in [-0.25, -0.2) is 4.98 Å². The fourth-order valence-corrected chi connectivity index (χ4v) is 1.92. The second-order valence-corrected chi connectivity index (χ2v) is 4.73. The second-order valence-electron chi connectivity index (χ2n) is 4.73. The molecule has 0 unspecified atom stereocenters. The molecule has 5 nitrogen and oxygen atoms in total. The predicted molar refractivity (Wildman–Crippen MR) is 82.7 cm³/mol. The van der Waals surface area contributed by atoms with Gasteiger partial charge in [0, 0.05) is 25.8 Å². The third kappa shape index (κ3) is 6.02. The van der Waals surface area contributed by atoms with Crippen LogP contribution >= 0.6 is 0 Å². The molecule has 1 aromatic heterocycles. The van der Waals surface area contributed by atoms with Gasteiger partial charge in [0.25, 0.3) is 0 Å². The van der Waals surface area contributed by atoms with E-state index in [-0.39, 0.29) is 5.91 Å². The van der Waals surface area contributed by atoms with Gasteiger partial charge in [-0.1, -0.05) is 13.8 Å². The minimum Gasteiger partial charge on any atom is -0.370 e. The van der Waals surface area contributed by atoms with E-state index in [2.05, 4.69) is 40.4 Å². The zero-order valence-electron chi connectivity index (χ0n) is 12.8. The molecule has 0 aliphatic rings. The average Bonchev–Trinajstić information content (AvgIpc) is 2.45. The SMILES string of the molecule is CCCNc1cc(CN(CC)CC(=O)NCC)ccn1. The molecule has 1 rings (SSSR count). The summed E-state index contributed by atoms with van der Waals surface area (Å²) in [6.45, 7) is 9.77. The van der Waals surface area contributed by atoms with Crippen molar-refractivity contribution in [2.24, 2.45) is 0 Å². The highest BCUT2D eigenvalue weighted by atomic mass is 16.2. The molecular weight excluding hydrogens is 252 g/mol. The zero-order chi connectivity index (χ0) is 14.8. The van der Waals surface area contributed by atoms with Gasteiger partial charge in [-0.3, -0.25) is 9.69 Å². The smallest absolute Gasteiger partial charge is 0.234 e. The number of nitrogens with one attached hydrogen (secondary N) is 2. The van der Waals surface area contributed by atoms with Crippen LogP contribution in [-0.4, -0.2) is 42.0 Å². The molecule has 5 heteroatoms. The van der Waals surface area contributed by atoms with Crippen molar-refractivity contribution >= 4 is 11.7 Å². The summed E-state index contributed by atoms with van der Waals surface area (Å²) >= 11 is 0. The highest BCUT2D eigenvalue weighted by Crippen LogP contribution is 2.09. The molecule has 0 spiro atoms. The lowest BCUT2D eigenvalue weighted by atomic mass is 10.2. The van der Waals surface area contributed by atoms with Crippen molar-refractivity contribution < 1.29 is 4.79 Å². The monoisotopic (exact) mass is 278 g/mol. The number of carbonyl (C=O) groups is 1. The van der Waals surface area contributed by atoms with Crippen LogP contribution in [0.5, 0.6) is 0 Å². The molecule has 0 radical (unpaired) electrons. The van der Waals surface area contributed by atoms with E-state index in [1.165, 1.54) is 5.56 Å². The zero-order valence-corrected chi connectivity index (χ0v) is 12.8. The van der Waals surface area contributed by atoms with Crippen LogP contribution in [0.2, 0.25) is 0 Å². The van der Waals surface area contributed by atoms with Crippen LogP contribution in [0.1, 0.15) is 32.8 Å². The number of pyridine rings is 1. The summed E-state index contributed by atoms with van der Waals surface area (Å²) in [5, 5.41) is 6.11. The number of carbonyl (C=O) groups excluding carboxylic acids is 1. The first-order valence-corrected chi connectivity index (χ1v) is 7.37. The highest BCUT2D eigenvalue weighted by Gasteiger charge is 2.09. The normalized spacial score (nSPS) is 10.6. The Labute approximate surface area is 121 Å². The Bertz CT molecular complexity index is 409. The number of likely N-dealkylation sites (N-methyl/N-ethyl adjacent to an activating group) is 2. The summed E-state index contributed by atoms with van der Waals surface area (Å²) < 4.78 is 0. The summed E-state index contributed by atoms with van der Waals surface area (Å²) in [4.78, 5) is 18.0. The first-order chi connectivity index (χ1) is 9.69. The Morgan fingerprint density at radius 1 is 1.35 bits per heavy atom. The van der Waals surface area contributed by atoms with Crippen molar-refractivity contribution in [2.75, 3.05) is 31.5 Å². The Hall–Kier alpha value is -1.62. The minimum atomic E-state index is 0.0766. The molecule has 0 saturated carbocycles. The number of hydrogen-bond donors (Lipinski definition) is 2. The van der Waals surface area contributed by atoms with E-state index in [1.54, 1.807) is 0 Å². The maximum Gasteiger partial charge on any atom is 0.234 e. The van der Waals surface area contributed by atoms with Gasteiger partial charge >= 0.3 is 0 Å². The summed E-state index contributed by atoms with van der Waals surface area (Å²) in [5.41, 5.74) is 1.17. The van der Waals surface area contributed by atoms with Crippen LogP contribution in [0.4, 0.5) is 5.82 Å². The van der Waals surface area contributed by atoms with E-state index in [1.807, 2.05) is 19.2 Å². The number of nitrogens with zero attached hydrogens (tertiary/aromatic N) is 2. The largest absolute Gasteiger partial charge is 0.370 e. The molecule has 0 bridgehead atoms. The van der Waals surface area contributed by atoms with Crippen molar-refractivity contribution in [3.05, 3.63) is 23.9 Å². The maximum atomic E-state index is 11.6. The molecule has 2 N–H and O–H groups in total. The lowest BCUT2D eigenvalue weighted by Gasteiger charge is -2.20. The van der Waals surface area contributed by atoms with Gasteiger partial charge in [0.05, 0.1) is 6.54 Å². The number of aromatic nitrogens is 1. The van der Waals surface area contributed by atoms with Crippen LogP contribution in [0.25, 0.3) is 0 Å². The molecule has 0 saturated heterocycles. The Balaban J connectivity index is 2.58. The lowest BCUT2D eigenvalue weighted by molar-refractivity contribution is -0.122. The fraction of sp³-hybridized carbons (Fsp3) is 0.600. The van der Waals surface area contributed by atoms with Crippen molar-refractivity contribution in [2.45, 2.75) is 33.7 Å². The summed E-state index contributed by atoms with van der Waals surface area (Å²) in [6, 6.07) is 4.05. The first-order valence-electron chi connectivity index (χ1n) is 7.37. The van der Waals surface area contributed by atoms with Gasteiger partial charge in [0.1, 0.15) is 5.82 Å². The summed E-state index contributed by atoms with van der Waals surface area (Å²) in [6.07, 6.45) is 2.89. The third-order valence-corrected chi connectivity index (χ3v) is 2.98. The third-order valence-electron chi connectivity index (χ3n) is 2.98. The van der Waals surface area contributed by atoms with Gasteiger partial charge in [0.15, 0.2) is 0 Å². The average molecular weight is 278 g/mol. The molecule has 1 amide bonds. The van der Waals surface area contributed by atoms with Crippen LogP contribution in [0.3, 0.4) is 0 Å². The van der Waals surface area contributed by atoms with E-state index >= 15 is 0 Å². The Kier molecular flexibility index (Phi) is 7.65. The summed E-state index contributed by atoms with van der Waals surface area (Å²) in [7, 11) is 0. The quantitative estimate of drug-likeness (QED) is 0.724. The molecule has 1 heterocycles. The molecular formula is C15H26N4O. The molecule has 0 atom stereocenters. The van der Waals surface area contributed by atoms with Crippen LogP contribution in [0.15, 0.2) is 18.3 Å². The number of amides is 1. The molecule has 0 aliphatic heterocycles. The van der Waals surface area contributed by atoms with Gasteiger partial charge in [0.2, 0.25) is 5.91 Å². The van der Waals surface area contributed by atoms with Crippen molar-refractivity contribution in [1.82, 2.24) is 15.2 Å². The Morgan fingerprint density at radius 3 is 2.80 bits per heavy atom. The molecule has 0 aliphatic carbocycles. The molecule has 20 heavy (non-hydrogen) atoms. The van der Waals surface area contributed by atoms with Crippen LogP contribution in [0, 0.1) is 0 Å². The van der Waals surface area contributed by atoms with Gasteiger partial charge in [-0.2, -0.15) is 0 Å². The molecule has 112 valence electrons. The standard InChI is InChI=1S/C15H26N4O/c1-4-8-17-14-10-13(7-9-18-14)11-19(6-3)12-15(20)16-5-2/h7,9-10H,4-6,8,11-12H2,1-3H3,(H,16,20)(H,17,18). The van der Waals surface area contributed by atoms with E-state index in [9.17, 15) is 4.79 Å². The Morgan fingerprint density at radius 2 is 2.15 bits per heavy atom. The summed E-state index contributed by atoms with van der Waals surface area (Å²) in [5.74, 6) is 0.978. The van der Waals surface area contributed by atoms with E-state index in [4.69, 9.17) is 0 Å². The van der Waals surface area contributed by atoms with Crippen molar-refractivity contribution in [3.63, 3.8) is 0 Å². The number of anilines is 1. The van der Waals surface area contributed by atoms with E-state index in [0.717, 1.165) is 31.9 Å². The topological polar surface area (TPSA) is 57.3 Å². The predicted octanol–water partition coefficient (Wildman–Crippen LogP) is 1.86. The lowest BCUT2D eigenvalue weighted by Crippen LogP contribution is -2.36. The number of hydrogen-bond acceptors (Lipinski definition) is 4. The molecule has 0 aromatic carbocycles. The van der Waals surface area contributed by atoms with Crippen molar-refractivity contribution in [3.8, 4) is 0 Å². The van der Waals surface area contributed by atoms with Crippen LogP contribution < -0.4 is 10.6 Å². The highest BCUT2D eigenvalue weighted by molar-refractivity contribution is 5.77. The first kappa shape index (κ1) is 16.4. The van der Waals surface area contributed by atoms with E-state index in [0.29, 0.717) is 13.1 Å². The van der Waals surface area contributed by atoms with Crippen LogP contribution in [-0.2, 0) is 11.3 Å². The van der Waals surface area contributed by atoms with Gasteiger partial charge < -0.3 is 10.6 Å². The van der Waals surface area contributed by atoms with Gasteiger partial charge in [-0.05, 0) is 37.6 Å². The van der Waals surface area contributed by atoms with Crippen molar-refractivity contribution in [1.29, 1.82) is 0 Å². The second kappa shape index (κ2) is 9.31. The molecule has 1 aromatic rings. The maximum absolute atomic E-state index is 11.6. The number of rotatable bonds is 9. The minimum absolute atomic E-state index is 0.0766. The van der Waals surface area contributed by atoms with E-state index < -0.39 is 0 Å².